The zero-order valence-corrected chi connectivity index (χ0v) is 15.1. The number of nitrogens with zero attached hydrogens (tertiary/aromatic N) is 2. The Hall–Kier alpha value is -1.89. The number of rotatable bonds is 3. The summed E-state index contributed by atoms with van der Waals surface area (Å²) in [6.07, 6.45) is 1.16. The maximum absolute atomic E-state index is 12.8. The third-order valence-electron chi connectivity index (χ3n) is 4.69. The van der Waals surface area contributed by atoms with E-state index in [-0.39, 0.29) is 17.7 Å². The van der Waals surface area contributed by atoms with Gasteiger partial charge in [0.25, 0.3) is 0 Å². The van der Waals surface area contributed by atoms with Crippen molar-refractivity contribution in [3.63, 3.8) is 0 Å². The first-order valence-electron chi connectivity index (χ1n) is 8.04. The van der Waals surface area contributed by atoms with Gasteiger partial charge in [-0.1, -0.05) is 22.0 Å². The van der Waals surface area contributed by atoms with E-state index < -0.39 is 5.41 Å². The molecule has 0 aromatic heterocycles. The first-order chi connectivity index (χ1) is 11.4. The van der Waals surface area contributed by atoms with Crippen LogP contribution in [0.5, 0.6) is 0 Å². The van der Waals surface area contributed by atoms with E-state index >= 15 is 0 Å². The van der Waals surface area contributed by atoms with Crippen LogP contribution in [-0.4, -0.2) is 53.7 Å². The monoisotopic (exact) mass is 393 g/mol. The molecule has 0 unspecified atom stereocenters. The SMILES string of the molecule is CC(=O)N1CCN(C(=O)C2(C(=O)Nc3cccc(Br)c3)CC2)CC1. The number of hydrogen-bond acceptors (Lipinski definition) is 3. The van der Waals surface area contributed by atoms with Crippen LogP contribution in [-0.2, 0) is 14.4 Å². The van der Waals surface area contributed by atoms with Crippen LogP contribution in [0.1, 0.15) is 19.8 Å². The molecule has 2 aliphatic rings. The molecule has 3 rings (SSSR count). The van der Waals surface area contributed by atoms with Gasteiger partial charge in [-0.15, -0.1) is 0 Å². The third-order valence-corrected chi connectivity index (χ3v) is 5.18. The lowest BCUT2D eigenvalue weighted by Gasteiger charge is -2.35. The molecule has 0 spiro atoms. The van der Waals surface area contributed by atoms with E-state index in [2.05, 4.69) is 21.2 Å². The quantitative estimate of drug-likeness (QED) is 0.796. The molecule has 1 aliphatic heterocycles. The maximum Gasteiger partial charge on any atom is 0.240 e. The van der Waals surface area contributed by atoms with Gasteiger partial charge in [0.1, 0.15) is 5.41 Å². The second-order valence-electron chi connectivity index (χ2n) is 6.34. The highest BCUT2D eigenvalue weighted by Gasteiger charge is 2.58. The molecule has 6 nitrogen and oxygen atoms in total. The van der Waals surface area contributed by atoms with Crippen molar-refractivity contribution in [2.45, 2.75) is 19.8 Å². The predicted octanol–water partition coefficient (Wildman–Crippen LogP) is 1.86. The number of piperazine rings is 1. The minimum Gasteiger partial charge on any atom is -0.339 e. The van der Waals surface area contributed by atoms with Crippen LogP contribution in [0.2, 0.25) is 0 Å². The Morgan fingerprint density at radius 3 is 2.25 bits per heavy atom. The van der Waals surface area contributed by atoms with Crippen molar-refractivity contribution < 1.29 is 14.4 Å². The molecule has 128 valence electrons. The number of benzene rings is 1. The summed E-state index contributed by atoms with van der Waals surface area (Å²) in [5.41, 5.74) is -0.254. The molecule has 1 saturated carbocycles. The Kier molecular flexibility index (Phi) is 4.62. The van der Waals surface area contributed by atoms with Crippen LogP contribution in [0.4, 0.5) is 5.69 Å². The van der Waals surface area contributed by atoms with Crippen LogP contribution < -0.4 is 5.32 Å². The molecule has 0 radical (unpaired) electrons. The summed E-state index contributed by atoms with van der Waals surface area (Å²) >= 11 is 3.37. The van der Waals surface area contributed by atoms with Crippen molar-refractivity contribution in [2.24, 2.45) is 5.41 Å². The lowest BCUT2D eigenvalue weighted by atomic mass is 10.0. The van der Waals surface area contributed by atoms with Crippen molar-refractivity contribution in [1.82, 2.24) is 9.80 Å². The van der Waals surface area contributed by atoms with Gasteiger partial charge in [-0.05, 0) is 31.0 Å². The average molecular weight is 394 g/mol. The topological polar surface area (TPSA) is 69.7 Å². The molecule has 0 bridgehead atoms. The molecular weight excluding hydrogens is 374 g/mol. The van der Waals surface area contributed by atoms with Crippen LogP contribution >= 0.6 is 15.9 Å². The number of carbonyl (C=O) groups is 3. The number of carbonyl (C=O) groups excluding carboxylic acids is 3. The largest absolute Gasteiger partial charge is 0.339 e. The second kappa shape index (κ2) is 6.55. The zero-order chi connectivity index (χ0) is 17.3. The fourth-order valence-corrected chi connectivity index (χ4v) is 3.41. The summed E-state index contributed by atoms with van der Waals surface area (Å²) in [4.78, 5) is 40.3. The van der Waals surface area contributed by atoms with Crippen LogP contribution in [0.25, 0.3) is 0 Å². The highest BCUT2D eigenvalue weighted by atomic mass is 79.9. The molecule has 1 heterocycles. The van der Waals surface area contributed by atoms with Crippen molar-refractivity contribution >= 4 is 39.3 Å². The number of halogens is 1. The number of nitrogens with one attached hydrogen (secondary N) is 1. The molecule has 0 atom stereocenters. The van der Waals surface area contributed by atoms with Crippen molar-refractivity contribution in [3.05, 3.63) is 28.7 Å². The third kappa shape index (κ3) is 3.31. The fourth-order valence-electron chi connectivity index (χ4n) is 3.01. The molecule has 24 heavy (non-hydrogen) atoms. The van der Waals surface area contributed by atoms with Gasteiger partial charge < -0.3 is 15.1 Å². The predicted molar refractivity (Wildman–Crippen MR) is 93.3 cm³/mol. The molecule has 1 aliphatic carbocycles. The van der Waals surface area contributed by atoms with Gasteiger partial charge in [-0.2, -0.15) is 0 Å². The van der Waals surface area contributed by atoms with Crippen molar-refractivity contribution in [1.29, 1.82) is 0 Å². The molecule has 1 aromatic carbocycles. The lowest BCUT2D eigenvalue weighted by molar-refractivity contribution is -0.146. The summed E-state index contributed by atoms with van der Waals surface area (Å²) < 4.78 is 0.872. The minimum absolute atomic E-state index is 0.0237. The van der Waals surface area contributed by atoms with Crippen LogP contribution in [0.15, 0.2) is 28.7 Å². The van der Waals surface area contributed by atoms with E-state index in [0.717, 1.165) is 4.47 Å². The summed E-state index contributed by atoms with van der Waals surface area (Å²) in [6, 6.07) is 7.32. The highest BCUT2D eigenvalue weighted by molar-refractivity contribution is 9.10. The van der Waals surface area contributed by atoms with Gasteiger partial charge in [0.15, 0.2) is 0 Å². The smallest absolute Gasteiger partial charge is 0.240 e. The molecule has 3 amide bonds. The summed E-state index contributed by atoms with van der Waals surface area (Å²) in [7, 11) is 0. The van der Waals surface area contributed by atoms with Crippen molar-refractivity contribution in [3.8, 4) is 0 Å². The number of hydrogen-bond donors (Lipinski definition) is 1. The average Bonchev–Trinajstić information content (AvgIpc) is 3.36. The van der Waals surface area contributed by atoms with E-state index in [1.165, 1.54) is 6.92 Å². The lowest BCUT2D eigenvalue weighted by Crippen LogP contribution is -2.53. The van der Waals surface area contributed by atoms with E-state index in [0.29, 0.717) is 44.7 Å². The van der Waals surface area contributed by atoms with Gasteiger partial charge >= 0.3 is 0 Å². The van der Waals surface area contributed by atoms with E-state index in [1.807, 2.05) is 18.2 Å². The highest BCUT2D eigenvalue weighted by Crippen LogP contribution is 2.48. The Bertz CT molecular complexity index is 679. The molecule has 1 aromatic rings. The van der Waals surface area contributed by atoms with Crippen LogP contribution in [0, 0.1) is 5.41 Å². The number of amides is 3. The minimum atomic E-state index is -0.930. The Balaban J connectivity index is 1.64. The fraction of sp³-hybridized carbons (Fsp3) is 0.471. The Labute approximate surface area is 149 Å². The van der Waals surface area contributed by atoms with Gasteiger partial charge in [0, 0.05) is 43.3 Å². The Morgan fingerprint density at radius 2 is 1.71 bits per heavy atom. The van der Waals surface area contributed by atoms with Gasteiger partial charge in [-0.25, -0.2) is 0 Å². The molecular formula is C17H20BrN3O3. The van der Waals surface area contributed by atoms with Gasteiger partial charge in [0.05, 0.1) is 0 Å². The summed E-state index contributed by atoms with van der Waals surface area (Å²) in [6.45, 7) is 3.58. The molecule has 1 saturated heterocycles. The standard InChI is InChI=1S/C17H20BrN3O3/c1-12(22)20-7-9-21(10-8-20)16(24)17(5-6-17)15(23)19-14-4-2-3-13(18)11-14/h2-4,11H,5-10H2,1H3,(H,19,23). The number of anilines is 1. The first-order valence-corrected chi connectivity index (χ1v) is 8.83. The normalized spacial score (nSPS) is 18.9. The first kappa shape index (κ1) is 17.0. The second-order valence-corrected chi connectivity index (χ2v) is 7.26. The molecule has 2 fully saturated rings. The van der Waals surface area contributed by atoms with E-state index in [4.69, 9.17) is 0 Å². The van der Waals surface area contributed by atoms with E-state index in [1.54, 1.807) is 15.9 Å². The molecule has 7 heteroatoms. The van der Waals surface area contributed by atoms with Gasteiger partial charge in [0.2, 0.25) is 17.7 Å². The van der Waals surface area contributed by atoms with Gasteiger partial charge in [-0.3, -0.25) is 14.4 Å². The maximum atomic E-state index is 12.8. The van der Waals surface area contributed by atoms with Crippen molar-refractivity contribution in [2.75, 3.05) is 31.5 Å². The Morgan fingerprint density at radius 1 is 1.08 bits per heavy atom. The van der Waals surface area contributed by atoms with E-state index in [9.17, 15) is 14.4 Å². The molecule has 1 N–H and O–H groups in total. The summed E-state index contributed by atoms with van der Waals surface area (Å²) in [5.74, 6) is -0.326. The zero-order valence-electron chi connectivity index (χ0n) is 13.5. The van der Waals surface area contributed by atoms with Crippen LogP contribution in [0.3, 0.4) is 0 Å². The summed E-state index contributed by atoms with van der Waals surface area (Å²) in [5, 5.41) is 2.85.